The number of hydrogen-bond acceptors (Lipinski definition) is 4. The van der Waals surface area contributed by atoms with Crippen molar-refractivity contribution in [2.24, 2.45) is 5.92 Å². The average Bonchev–Trinajstić information content (AvgIpc) is 2.50. The lowest BCUT2D eigenvalue weighted by molar-refractivity contribution is -0.135. The molecule has 0 spiro atoms. The van der Waals surface area contributed by atoms with Gasteiger partial charge < -0.3 is 15.0 Å². The van der Waals surface area contributed by atoms with Crippen molar-refractivity contribution in [3.63, 3.8) is 0 Å². The Morgan fingerprint density at radius 2 is 2.17 bits per heavy atom. The first-order valence-corrected chi connectivity index (χ1v) is 7.91. The standard InChI is InChI=1S/C17H27N3O2.ClH/c1-11-9-19-15(13(3)16(11)22-5)10-20(4)17(21)14-6-7-18-12(2)8-14;/h9,12,14,18H,6-8,10H2,1-5H3;1H/t12-,14-;/m0./s1. The Labute approximate surface area is 145 Å². The molecule has 6 heteroatoms. The van der Waals surface area contributed by atoms with Gasteiger partial charge >= 0.3 is 0 Å². The number of amides is 1. The highest BCUT2D eigenvalue weighted by Gasteiger charge is 2.27. The van der Waals surface area contributed by atoms with E-state index >= 15 is 0 Å². The van der Waals surface area contributed by atoms with Crippen LogP contribution in [0.5, 0.6) is 5.75 Å². The maximum absolute atomic E-state index is 12.6. The summed E-state index contributed by atoms with van der Waals surface area (Å²) >= 11 is 0. The van der Waals surface area contributed by atoms with Crippen LogP contribution >= 0.6 is 12.4 Å². The van der Waals surface area contributed by atoms with Gasteiger partial charge in [0.25, 0.3) is 0 Å². The number of aryl methyl sites for hydroxylation is 1. The van der Waals surface area contributed by atoms with Crippen molar-refractivity contribution < 1.29 is 9.53 Å². The van der Waals surface area contributed by atoms with Crippen molar-refractivity contribution in [1.29, 1.82) is 0 Å². The molecular weight excluding hydrogens is 314 g/mol. The van der Waals surface area contributed by atoms with Crippen LogP contribution in [0.15, 0.2) is 6.20 Å². The Morgan fingerprint density at radius 1 is 1.48 bits per heavy atom. The Kier molecular flexibility index (Phi) is 7.29. The minimum absolute atomic E-state index is 0. The van der Waals surface area contributed by atoms with Crippen LogP contribution in [0.25, 0.3) is 0 Å². The summed E-state index contributed by atoms with van der Waals surface area (Å²) in [5.74, 6) is 1.20. The molecule has 2 rings (SSSR count). The second-order valence-electron chi connectivity index (χ2n) is 6.32. The van der Waals surface area contributed by atoms with E-state index in [1.807, 2.05) is 27.1 Å². The van der Waals surface area contributed by atoms with E-state index in [2.05, 4.69) is 17.2 Å². The largest absolute Gasteiger partial charge is 0.496 e. The van der Waals surface area contributed by atoms with Gasteiger partial charge in [0.05, 0.1) is 19.3 Å². The minimum atomic E-state index is 0. The fourth-order valence-electron chi connectivity index (χ4n) is 3.20. The number of methoxy groups -OCH3 is 1. The third kappa shape index (κ3) is 4.58. The number of ether oxygens (including phenoxy) is 1. The van der Waals surface area contributed by atoms with Crippen molar-refractivity contribution in [2.45, 2.75) is 46.2 Å². The second kappa shape index (κ2) is 8.50. The molecule has 0 unspecified atom stereocenters. The lowest BCUT2D eigenvalue weighted by Gasteiger charge is -2.30. The van der Waals surface area contributed by atoms with Gasteiger partial charge in [0, 0.05) is 36.3 Å². The van der Waals surface area contributed by atoms with Crippen molar-refractivity contribution in [1.82, 2.24) is 15.2 Å². The number of piperidine rings is 1. The average molecular weight is 342 g/mol. The molecule has 5 nitrogen and oxygen atoms in total. The maximum Gasteiger partial charge on any atom is 0.225 e. The maximum atomic E-state index is 12.6. The molecule has 1 aliphatic rings. The van der Waals surface area contributed by atoms with Gasteiger partial charge in [0.2, 0.25) is 5.91 Å². The number of hydrogen-bond donors (Lipinski definition) is 1. The highest BCUT2D eigenvalue weighted by Crippen LogP contribution is 2.25. The van der Waals surface area contributed by atoms with E-state index in [0.29, 0.717) is 12.6 Å². The van der Waals surface area contributed by atoms with E-state index in [0.717, 1.165) is 42.0 Å². The molecule has 1 N–H and O–H groups in total. The number of nitrogens with one attached hydrogen (secondary N) is 1. The molecule has 1 aromatic heterocycles. The normalized spacial score (nSPS) is 20.6. The molecule has 1 aliphatic heterocycles. The monoisotopic (exact) mass is 341 g/mol. The van der Waals surface area contributed by atoms with Crippen LogP contribution < -0.4 is 10.1 Å². The van der Waals surface area contributed by atoms with E-state index in [1.54, 1.807) is 12.0 Å². The Bertz CT molecular complexity index is 551. The van der Waals surface area contributed by atoms with E-state index in [4.69, 9.17) is 4.74 Å². The molecule has 1 saturated heterocycles. The predicted octanol–water partition coefficient (Wildman–Crippen LogP) is 2.48. The summed E-state index contributed by atoms with van der Waals surface area (Å²) in [5.41, 5.74) is 2.94. The Balaban J connectivity index is 0.00000264. The van der Waals surface area contributed by atoms with Gasteiger partial charge in [-0.1, -0.05) is 0 Å². The van der Waals surface area contributed by atoms with Crippen molar-refractivity contribution in [3.8, 4) is 5.75 Å². The van der Waals surface area contributed by atoms with Gasteiger partial charge in [-0.15, -0.1) is 12.4 Å². The van der Waals surface area contributed by atoms with E-state index in [-0.39, 0.29) is 24.2 Å². The fraction of sp³-hybridized carbons (Fsp3) is 0.647. The van der Waals surface area contributed by atoms with Crippen LogP contribution in [-0.2, 0) is 11.3 Å². The van der Waals surface area contributed by atoms with E-state index in [1.165, 1.54) is 0 Å². The number of halogens is 1. The zero-order chi connectivity index (χ0) is 16.3. The van der Waals surface area contributed by atoms with Gasteiger partial charge in [0.15, 0.2) is 0 Å². The van der Waals surface area contributed by atoms with Gasteiger partial charge in [-0.05, 0) is 40.2 Å². The van der Waals surface area contributed by atoms with Crippen LogP contribution in [0.3, 0.4) is 0 Å². The third-order valence-electron chi connectivity index (χ3n) is 4.49. The molecular formula is C17H28ClN3O2. The van der Waals surface area contributed by atoms with Crippen molar-refractivity contribution in [3.05, 3.63) is 23.0 Å². The fourth-order valence-corrected chi connectivity index (χ4v) is 3.20. The molecule has 2 atom stereocenters. The van der Waals surface area contributed by atoms with E-state index in [9.17, 15) is 4.79 Å². The van der Waals surface area contributed by atoms with Crippen LogP contribution in [0.1, 0.15) is 36.6 Å². The zero-order valence-corrected chi connectivity index (χ0v) is 15.5. The predicted molar refractivity (Wildman–Crippen MR) is 94.2 cm³/mol. The summed E-state index contributed by atoms with van der Waals surface area (Å²) in [6.45, 7) is 7.56. The molecule has 1 fully saturated rings. The highest BCUT2D eigenvalue weighted by molar-refractivity contribution is 5.85. The summed E-state index contributed by atoms with van der Waals surface area (Å²) in [6.07, 6.45) is 3.63. The Morgan fingerprint density at radius 3 is 2.78 bits per heavy atom. The number of rotatable bonds is 4. The topological polar surface area (TPSA) is 54.5 Å². The molecule has 2 heterocycles. The molecule has 1 aromatic rings. The van der Waals surface area contributed by atoms with Crippen LogP contribution in [-0.4, -0.2) is 42.5 Å². The SMILES string of the molecule is COc1c(C)cnc(CN(C)C(=O)[C@H]2CCN[C@@H](C)C2)c1C.Cl. The summed E-state index contributed by atoms with van der Waals surface area (Å²) in [7, 11) is 3.53. The summed E-state index contributed by atoms with van der Waals surface area (Å²) in [5, 5.41) is 3.39. The van der Waals surface area contributed by atoms with E-state index < -0.39 is 0 Å². The molecule has 0 radical (unpaired) electrons. The highest BCUT2D eigenvalue weighted by atomic mass is 35.5. The summed E-state index contributed by atoms with van der Waals surface area (Å²) in [6, 6.07) is 0.412. The smallest absolute Gasteiger partial charge is 0.225 e. The van der Waals surface area contributed by atoms with Crippen LogP contribution in [0, 0.1) is 19.8 Å². The molecule has 23 heavy (non-hydrogen) atoms. The molecule has 0 saturated carbocycles. The number of carbonyl (C=O) groups excluding carboxylic acids is 1. The first-order chi connectivity index (χ1) is 10.4. The van der Waals surface area contributed by atoms with Gasteiger partial charge in [-0.3, -0.25) is 9.78 Å². The number of aromatic nitrogens is 1. The van der Waals surface area contributed by atoms with Crippen LogP contribution in [0.4, 0.5) is 0 Å². The lowest BCUT2D eigenvalue weighted by Crippen LogP contribution is -2.42. The summed E-state index contributed by atoms with van der Waals surface area (Å²) in [4.78, 5) is 18.9. The van der Waals surface area contributed by atoms with Crippen molar-refractivity contribution >= 4 is 18.3 Å². The van der Waals surface area contributed by atoms with Gasteiger partial charge in [-0.25, -0.2) is 0 Å². The molecule has 130 valence electrons. The first kappa shape index (κ1) is 19.7. The molecule has 0 aliphatic carbocycles. The molecule has 1 amide bonds. The molecule has 0 bridgehead atoms. The Hall–Kier alpha value is -1.33. The first-order valence-electron chi connectivity index (χ1n) is 7.91. The number of carbonyl (C=O) groups is 1. The number of pyridine rings is 1. The zero-order valence-electron chi connectivity index (χ0n) is 14.7. The number of nitrogens with zero attached hydrogens (tertiary/aromatic N) is 2. The summed E-state index contributed by atoms with van der Waals surface area (Å²) < 4.78 is 5.44. The van der Waals surface area contributed by atoms with Crippen LogP contribution in [0.2, 0.25) is 0 Å². The van der Waals surface area contributed by atoms with Gasteiger partial charge in [-0.2, -0.15) is 0 Å². The minimum Gasteiger partial charge on any atom is -0.496 e. The third-order valence-corrected chi connectivity index (χ3v) is 4.49. The van der Waals surface area contributed by atoms with Crippen molar-refractivity contribution in [2.75, 3.05) is 20.7 Å². The molecule has 0 aromatic carbocycles. The quantitative estimate of drug-likeness (QED) is 0.914. The van der Waals surface area contributed by atoms with Gasteiger partial charge in [0.1, 0.15) is 5.75 Å². The lowest BCUT2D eigenvalue weighted by atomic mass is 9.92. The second-order valence-corrected chi connectivity index (χ2v) is 6.32.